The first-order valence-electron chi connectivity index (χ1n) is 13.9. The summed E-state index contributed by atoms with van der Waals surface area (Å²) >= 11 is 0. The maximum absolute atomic E-state index is 14.2. The summed E-state index contributed by atoms with van der Waals surface area (Å²) in [4.78, 5) is 31.5. The summed E-state index contributed by atoms with van der Waals surface area (Å²) in [6.45, 7) is 8.47. The van der Waals surface area contributed by atoms with Crippen LogP contribution < -0.4 is 5.69 Å². The quantitative estimate of drug-likeness (QED) is 0.232. The minimum absolute atomic E-state index is 0.0227. The fourth-order valence-corrected chi connectivity index (χ4v) is 5.07. The second kappa shape index (κ2) is 12.2. The number of tetrazole rings is 1. The summed E-state index contributed by atoms with van der Waals surface area (Å²) in [5, 5.41) is 14.4. The SMILES string of the molecule is CCCCc1cn(-c2c(C(=O)OCC)ccn2C(C)C)c(=O)n1Cc1cnccc1-c1ccccc1-c1nnn[nH]1. The van der Waals surface area contributed by atoms with Gasteiger partial charge in [-0.1, -0.05) is 37.6 Å². The average molecular weight is 555 g/mol. The van der Waals surface area contributed by atoms with Crippen molar-refractivity contribution in [3.63, 3.8) is 0 Å². The number of H-pyrrole nitrogens is 1. The molecule has 5 aromatic rings. The van der Waals surface area contributed by atoms with Crippen LogP contribution in [0.4, 0.5) is 0 Å². The Kier molecular flexibility index (Phi) is 8.23. The third-order valence-corrected chi connectivity index (χ3v) is 7.07. The Balaban J connectivity index is 1.64. The minimum Gasteiger partial charge on any atom is -0.462 e. The second-order valence-electron chi connectivity index (χ2n) is 10.1. The van der Waals surface area contributed by atoms with Gasteiger partial charge in [0.1, 0.15) is 11.4 Å². The van der Waals surface area contributed by atoms with Crippen molar-refractivity contribution in [3.8, 4) is 28.3 Å². The number of nitrogens with one attached hydrogen (secondary N) is 1. The Labute approximate surface area is 237 Å². The molecular weight excluding hydrogens is 520 g/mol. The number of nitrogens with zero attached hydrogens (tertiary/aromatic N) is 7. The number of unbranched alkanes of at least 4 members (excludes halogenated alkanes) is 1. The van der Waals surface area contributed by atoms with Crippen LogP contribution in [-0.4, -0.2) is 51.9 Å². The van der Waals surface area contributed by atoms with E-state index in [1.54, 1.807) is 34.5 Å². The lowest BCUT2D eigenvalue weighted by molar-refractivity contribution is 0.0526. The first kappa shape index (κ1) is 27.8. The molecule has 0 fully saturated rings. The van der Waals surface area contributed by atoms with E-state index in [-0.39, 0.29) is 18.3 Å². The van der Waals surface area contributed by atoms with Crippen LogP contribution in [-0.2, 0) is 17.7 Å². The average Bonchev–Trinajstić information content (AvgIpc) is 3.73. The van der Waals surface area contributed by atoms with Gasteiger partial charge in [0.15, 0.2) is 5.82 Å². The molecule has 1 aromatic carbocycles. The molecule has 41 heavy (non-hydrogen) atoms. The molecule has 0 radical (unpaired) electrons. The van der Waals surface area contributed by atoms with Gasteiger partial charge < -0.3 is 9.30 Å². The summed E-state index contributed by atoms with van der Waals surface area (Å²) in [5.41, 5.74) is 4.56. The molecule has 4 heterocycles. The predicted molar refractivity (Wildman–Crippen MR) is 155 cm³/mol. The molecule has 11 nitrogen and oxygen atoms in total. The number of ether oxygens (including phenoxy) is 1. The molecule has 0 amide bonds. The predicted octanol–water partition coefficient (Wildman–Crippen LogP) is 4.83. The number of aromatic amines is 1. The number of pyridine rings is 1. The fraction of sp³-hybridized carbons (Fsp3) is 0.333. The van der Waals surface area contributed by atoms with Crippen LogP contribution in [0.15, 0.2) is 66.0 Å². The van der Waals surface area contributed by atoms with E-state index in [4.69, 9.17) is 4.74 Å². The number of hydrogen-bond donors (Lipinski definition) is 1. The monoisotopic (exact) mass is 554 g/mol. The number of aromatic nitrogens is 8. The van der Waals surface area contributed by atoms with Crippen LogP contribution >= 0.6 is 0 Å². The standard InChI is InChI=1S/C30H34N8O3/c1-5-7-10-22-19-38(28-26(29(39)41-6-2)14-16-36(28)20(3)4)30(40)37(22)18-21-17-31-15-13-23(21)24-11-8-9-12-25(24)27-32-34-35-33-27/h8-9,11-17,19-20H,5-7,10,18H2,1-4H3,(H,32,33,34,35). The second-order valence-corrected chi connectivity index (χ2v) is 10.1. The van der Waals surface area contributed by atoms with Gasteiger partial charge in [0.2, 0.25) is 0 Å². The van der Waals surface area contributed by atoms with E-state index in [2.05, 4.69) is 32.5 Å². The van der Waals surface area contributed by atoms with E-state index in [9.17, 15) is 9.59 Å². The van der Waals surface area contributed by atoms with Crippen molar-refractivity contribution in [2.24, 2.45) is 0 Å². The molecule has 0 saturated carbocycles. The van der Waals surface area contributed by atoms with Crippen LogP contribution in [0, 0.1) is 0 Å². The van der Waals surface area contributed by atoms with Gasteiger partial charge in [0, 0.05) is 42.1 Å². The lowest BCUT2D eigenvalue weighted by Crippen LogP contribution is -2.27. The third-order valence-electron chi connectivity index (χ3n) is 7.07. The first-order chi connectivity index (χ1) is 19.9. The molecule has 0 unspecified atom stereocenters. The Morgan fingerprint density at radius 1 is 1.07 bits per heavy atom. The number of benzene rings is 1. The summed E-state index contributed by atoms with van der Waals surface area (Å²) in [6.07, 6.45) is 9.83. The maximum atomic E-state index is 14.2. The van der Waals surface area contributed by atoms with E-state index >= 15 is 0 Å². The zero-order valence-corrected chi connectivity index (χ0v) is 23.7. The van der Waals surface area contributed by atoms with Gasteiger partial charge in [-0.25, -0.2) is 14.7 Å². The van der Waals surface area contributed by atoms with Crippen molar-refractivity contribution in [1.82, 2.24) is 39.3 Å². The number of carbonyl (C=O) groups excluding carboxylic acids is 1. The highest BCUT2D eigenvalue weighted by molar-refractivity contribution is 5.93. The molecule has 0 aliphatic heterocycles. The number of aryl methyl sites for hydroxylation is 1. The van der Waals surface area contributed by atoms with Crippen LogP contribution in [0.2, 0.25) is 0 Å². The normalized spacial score (nSPS) is 11.3. The summed E-state index contributed by atoms with van der Waals surface area (Å²) in [5.74, 6) is 0.607. The molecule has 0 atom stereocenters. The summed E-state index contributed by atoms with van der Waals surface area (Å²) < 4.78 is 10.6. The summed E-state index contributed by atoms with van der Waals surface area (Å²) in [7, 11) is 0. The number of carbonyl (C=O) groups is 1. The molecule has 0 bridgehead atoms. The number of hydrogen-bond acceptors (Lipinski definition) is 7. The number of imidazole rings is 1. The molecule has 0 saturated heterocycles. The molecule has 0 aliphatic carbocycles. The van der Waals surface area contributed by atoms with Crippen molar-refractivity contribution >= 4 is 5.97 Å². The largest absolute Gasteiger partial charge is 0.462 e. The van der Waals surface area contributed by atoms with Crippen molar-refractivity contribution in [2.75, 3.05) is 6.61 Å². The van der Waals surface area contributed by atoms with Gasteiger partial charge in [-0.2, -0.15) is 0 Å². The highest BCUT2D eigenvalue weighted by atomic mass is 16.5. The highest BCUT2D eigenvalue weighted by Gasteiger charge is 2.24. The molecule has 4 aromatic heterocycles. The molecule has 212 valence electrons. The van der Waals surface area contributed by atoms with Gasteiger partial charge in [-0.3, -0.25) is 14.1 Å². The lowest BCUT2D eigenvalue weighted by Gasteiger charge is -2.15. The van der Waals surface area contributed by atoms with Crippen molar-refractivity contribution in [1.29, 1.82) is 0 Å². The smallest absolute Gasteiger partial charge is 0.341 e. The maximum Gasteiger partial charge on any atom is 0.341 e. The van der Waals surface area contributed by atoms with E-state index in [0.29, 0.717) is 30.2 Å². The van der Waals surface area contributed by atoms with Crippen LogP contribution in [0.25, 0.3) is 28.3 Å². The van der Waals surface area contributed by atoms with E-state index < -0.39 is 5.97 Å². The lowest BCUT2D eigenvalue weighted by atomic mass is 9.96. The van der Waals surface area contributed by atoms with E-state index in [1.807, 2.05) is 61.1 Å². The minimum atomic E-state index is -0.454. The van der Waals surface area contributed by atoms with Crippen LogP contribution in [0.3, 0.4) is 0 Å². The Hall–Kier alpha value is -4.80. The third kappa shape index (κ3) is 5.47. The topological polar surface area (TPSA) is 126 Å². The molecule has 11 heteroatoms. The first-order valence-corrected chi connectivity index (χ1v) is 13.9. The molecule has 5 rings (SSSR count). The van der Waals surface area contributed by atoms with Crippen LogP contribution in [0.1, 0.15) is 68.2 Å². The van der Waals surface area contributed by atoms with E-state index in [0.717, 1.165) is 40.8 Å². The number of esters is 1. The van der Waals surface area contributed by atoms with Crippen molar-refractivity contribution in [2.45, 2.75) is 59.5 Å². The molecular formula is C30H34N8O3. The van der Waals surface area contributed by atoms with E-state index in [1.165, 1.54) is 0 Å². The van der Waals surface area contributed by atoms with Crippen LogP contribution in [0.5, 0.6) is 0 Å². The molecule has 0 spiro atoms. The Bertz CT molecular complexity index is 1690. The Morgan fingerprint density at radius 3 is 2.59 bits per heavy atom. The van der Waals surface area contributed by atoms with Crippen molar-refractivity contribution < 1.29 is 9.53 Å². The number of rotatable bonds is 11. The highest BCUT2D eigenvalue weighted by Crippen LogP contribution is 2.32. The Morgan fingerprint density at radius 2 is 1.88 bits per heavy atom. The van der Waals surface area contributed by atoms with Gasteiger partial charge in [0.25, 0.3) is 0 Å². The molecule has 0 aliphatic rings. The molecule has 1 N–H and O–H groups in total. The van der Waals surface area contributed by atoms with Gasteiger partial charge in [-0.05, 0) is 72.9 Å². The van der Waals surface area contributed by atoms with Gasteiger partial charge >= 0.3 is 11.7 Å². The zero-order chi connectivity index (χ0) is 28.9. The fourth-order valence-electron chi connectivity index (χ4n) is 5.07. The van der Waals surface area contributed by atoms with Gasteiger partial charge in [0.05, 0.1) is 13.2 Å². The van der Waals surface area contributed by atoms with Gasteiger partial charge in [-0.15, -0.1) is 5.10 Å². The zero-order valence-electron chi connectivity index (χ0n) is 23.7. The summed E-state index contributed by atoms with van der Waals surface area (Å²) in [6, 6.07) is 11.5. The van der Waals surface area contributed by atoms with Crippen molar-refractivity contribution in [3.05, 3.63) is 88.5 Å².